The molecular formula is C5H10Li. The Labute approximate surface area is 51.5 Å². The molecule has 1 radical (unpaired) electrons. The van der Waals surface area contributed by atoms with E-state index in [9.17, 15) is 0 Å². The maximum absolute atomic E-state index is 1.50. The topological polar surface area (TPSA) is 0 Å². The van der Waals surface area contributed by atoms with Gasteiger partial charge in [-0.2, -0.15) is 0 Å². The molecule has 0 N–H and O–H groups in total. The third-order valence-corrected chi connectivity index (χ3v) is 1.25. The third-order valence-electron chi connectivity index (χ3n) is 1.25. The number of rotatable bonds is 0. The molecule has 0 unspecified atom stereocenters. The first-order chi connectivity index (χ1) is 2.50. The zero-order valence-corrected chi connectivity index (χ0v) is 4.54. The van der Waals surface area contributed by atoms with E-state index in [0.29, 0.717) is 0 Å². The van der Waals surface area contributed by atoms with Crippen LogP contribution in [0.25, 0.3) is 0 Å². The van der Waals surface area contributed by atoms with E-state index in [1.807, 2.05) is 0 Å². The van der Waals surface area contributed by atoms with Crippen molar-refractivity contribution in [2.75, 3.05) is 0 Å². The van der Waals surface area contributed by atoms with Crippen LogP contribution in [-0.2, 0) is 0 Å². The molecule has 1 fully saturated rings. The smallest absolute Gasteiger partial charge is 0 e. The predicted molar refractivity (Wildman–Crippen MR) is 28.8 cm³/mol. The van der Waals surface area contributed by atoms with Crippen molar-refractivity contribution < 1.29 is 0 Å². The van der Waals surface area contributed by atoms with E-state index < -0.39 is 0 Å². The van der Waals surface area contributed by atoms with Crippen LogP contribution in [0.3, 0.4) is 0 Å². The van der Waals surface area contributed by atoms with Crippen molar-refractivity contribution >= 4 is 18.9 Å². The van der Waals surface area contributed by atoms with E-state index in [1.54, 1.807) is 0 Å². The van der Waals surface area contributed by atoms with Gasteiger partial charge < -0.3 is 0 Å². The summed E-state index contributed by atoms with van der Waals surface area (Å²) < 4.78 is 0. The molecule has 31 valence electrons. The van der Waals surface area contributed by atoms with Crippen molar-refractivity contribution in [1.29, 1.82) is 0 Å². The Morgan fingerprint density at radius 2 is 0.667 bits per heavy atom. The van der Waals surface area contributed by atoms with Crippen LogP contribution in [0.4, 0.5) is 0 Å². The van der Waals surface area contributed by atoms with Crippen LogP contribution in [0.15, 0.2) is 0 Å². The predicted octanol–water partition coefficient (Wildman–Crippen LogP) is 1.57. The quantitative estimate of drug-likeness (QED) is 0.385. The first-order valence-electron chi connectivity index (χ1n) is 2.50. The normalized spacial score (nSPS) is 20.0. The van der Waals surface area contributed by atoms with Gasteiger partial charge in [-0.05, 0) is 0 Å². The minimum absolute atomic E-state index is 0. The van der Waals surface area contributed by atoms with Gasteiger partial charge in [-0.3, -0.25) is 0 Å². The molecule has 1 heteroatoms. The van der Waals surface area contributed by atoms with Crippen LogP contribution in [0.2, 0.25) is 0 Å². The van der Waals surface area contributed by atoms with Crippen molar-refractivity contribution in [2.45, 2.75) is 32.1 Å². The van der Waals surface area contributed by atoms with E-state index in [0.717, 1.165) is 0 Å². The molecule has 6 heavy (non-hydrogen) atoms. The van der Waals surface area contributed by atoms with E-state index in [4.69, 9.17) is 0 Å². The Kier molecular flexibility index (Phi) is 4.15. The van der Waals surface area contributed by atoms with Crippen LogP contribution < -0.4 is 0 Å². The molecule has 0 aliphatic heterocycles. The standard InChI is InChI=1S/C5H10.Li/c1-2-4-5-3-1;/h1-5H2;. The summed E-state index contributed by atoms with van der Waals surface area (Å²) in [7, 11) is 0. The molecule has 1 saturated carbocycles. The Morgan fingerprint density at radius 3 is 0.833 bits per heavy atom. The molecule has 0 heterocycles. The molecule has 0 aromatic rings. The number of hydrogen-bond acceptors (Lipinski definition) is 0. The van der Waals surface area contributed by atoms with Gasteiger partial charge >= 0.3 is 0 Å². The fourth-order valence-corrected chi connectivity index (χ4v) is 0.884. The summed E-state index contributed by atoms with van der Waals surface area (Å²) in [5.41, 5.74) is 0. The van der Waals surface area contributed by atoms with Gasteiger partial charge in [0.25, 0.3) is 0 Å². The van der Waals surface area contributed by atoms with E-state index in [2.05, 4.69) is 0 Å². The average Bonchev–Trinajstić information content (AvgIpc) is 1.76. The van der Waals surface area contributed by atoms with Crippen LogP contribution in [0.1, 0.15) is 32.1 Å². The van der Waals surface area contributed by atoms with E-state index in [-0.39, 0.29) is 18.9 Å². The van der Waals surface area contributed by atoms with Crippen LogP contribution >= 0.6 is 0 Å². The van der Waals surface area contributed by atoms with Gasteiger partial charge in [0, 0.05) is 18.9 Å². The maximum atomic E-state index is 1.50. The fraction of sp³-hybridized carbons (Fsp3) is 1.00. The Balaban J connectivity index is 0.000000250. The van der Waals surface area contributed by atoms with Gasteiger partial charge in [0.05, 0.1) is 0 Å². The first kappa shape index (κ1) is 6.60. The minimum Gasteiger partial charge on any atom is -0.0533 e. The molecule has 0 aromatic heterocycles. The van der Waals surface area contributed by atoms with Crippen molar-refractivity contribution in [3.8, 4) is 0 Å². The summed E-state index contributed by atoms with van der Waals surface area (Å²) in [6, 6.07) is 0. The fourth-order valence-electron chi connectivity index (χ4n) is 0.884. The molecule has 1 rings (SSSR count). The van der Waals surface area contributed by atoms with E-state index in [1.165, 1.54) is 32.1 Å². The summed E-state index contributed by atoms with van der Waals surface area (Å²) >= 11 is 0. The van der Waals surface area contributed by atoms with Crippen LogP contribution in [0.5, 0.6) is 0 Å². The summed E-state index contributed by atoms with van der Waals surface area (Å²) in [6.45, 7) is 0. The summed E-state index contributed by atoms with van der Waals surface area (Å²) in [4.78, 5) is 0. The summed E-state index contributed by atoms with van der Waals surface area (Å²) in [6.07, 6.45) is 7.50. The van der Waals surface area contributed by atoms with Gasteiger partial charge in [0.2, 0.25) is 0 Å². The zero-order chi connectivity index (χ0) is 3.54. The average molecular weight is 77.1 g/mol. The minimum atomic E-state index is 0. The zero-order valence-electron chi connectivity index (χ0n) is 4.54. The first-order valence-corrected chi connectivity index (χ1v) is 2.50. The molecule has 0 spiro atoms. The van der Waals surface area contributed by atoms with Crippen molar-refractivity contribution in [2.24, 2.45) is 0 Å². The monoisotopic (exact) mass is 77.1 g/mol. The summed E-state index contributed by atoms with van der Waals surface area (Å²) in [5, 5.41) is 0. The van der Waals surface area contributed by atoms with Crippen molar-refractivity contribution in [1.82, 2.24) is 0 Å². The molecule has 0 saturated heterocycles. The van der Waals surface area contributed by atoms with Gasteiger partial charge in [0.1, 0.15) is 0 Å². The number of hydrogen-bond donors (Lipinski definition) is 0. The molecule has 0 bridgehead atoms. The van der Waals surface area contributed by atoms with Gasteiger partial charge in [-0.15, -0.1) is 0 Å². The molecule has 1 aliphatic carbocycles. The molecule has 0 aromatic carbocycles. The Hall–Kier alpha value is 0.597. The largest absolute Gasteiger partial charge is 0.0533 e. The van der Waals surface area contributed by atoms with Gasteiger partial charge in [-0.1, -0.05) is 32.1 Å². The van der Waals surface area contributed by atoms with Gasteiger partial charge in [0.15, 0.2) is 0 Å². The molecule has 0 nitrogen and oxygen atoms in total. The van der Waals surface area contributed by atoms with Crippen molar-refractivity contribution in [3.05, 3.63) is 0 Å². The second-order valence-corrected chi connectivity index (χ2v) is 1.77. The molecule has 0 amide bonds. The van der Waals surface area contributed by atoms with Gasteiger partial charge in [-0.25, -0.2) is 0 Å². The second-order valence-electron chi connectivity index (χ2n) is 1.77. The maximum Gasteiger partial charge on any atom is 0 e. The third kappa shape index (κ3) is 1.90. The molecular weight excluding hydrogens is 67.0 g/mol. The molecule has 1 aliphatic rings. The Morgan fingerprint density at radius 1 is 0.500 bits per heavy atom. The van der Waals surface area contributed by atoms with Crippen molar-refractivity contribution in [3.63, 3.8) is 0 Å². The van der Waals surface area contributed by atoms with Crippen LogP contribution in [0, 0.1) is 0 Å². The summed E-state index contributed by atoms with van der Waals surface area (Å²) in [5.74, 6) is 0. The van der Waals surface area contributed by atoms with Crippen LogP contribution in [-0.4, -0.2) is 18.9 Å². The second kappa shape index (κ2) is 3.78. The van der Waals surface area contributed by atoms with E-state index >= 15 is 0 Å². The Bertz CT molecular complexity index is 15.5. The molecule has 0 atom stereocenters. The SMILES string of the molecule is C1CCCC1.[Li].